The Kier molecular flexibility index (Phi) is 11.0. The van der Waals surface area contributed by atoms with E-state index in [0.29, 0.717) is 17.5 Å². The molecule has 0 saturated heterocycles. The molecule has 2 rings (SSSR count). The van der Waals surface area contributed by atoms with Gasteiger partial charge in [-0.2, -0.15) is 74.6 Å². The van der Waals surface area contributed by atoms with Crippen LogP contribution in [0.25, 0.3) is 17.5 Å². The summed E-state index contributed by atoms with van der Waals surface area (Å²) in [5.41, 5.74) is 1.61. The lowest BCUT2D eigenvalue weighted by Gasteiger charge is -2.42. The second-order valence-electron chi connectivity index (χ2n) is 9.69. The van der Waals surface area contributed by atoms with Gasteiger partial charge in [-0.05, 0) is 23.6 Å². The van der Waals surface area contributed by atoms with Gasteiger partial charge in [-0.3, -0.25) is 0 Å². The second-order valence-corrected chi connectivity index (χ2v) is 9.69. The Morgan fingerprint density at radius 2 is 1.13 bits per heavy atom. The molecule has 0 atom stereocenters. The fourth-order valence-electron chi connectivity index (χ4n) is 3.51. The van der Waals surface area contributed by atoms with Gasteiger partial charge in [-0.1, -0.05) is 37.6 Å². The summed E-state index contributed by atoms with van der Waals surface area (Å²) in [6.07, 6.45) is -4.49. The van der Waals surface area contributed by atoms with Gasteiger partial charge in [0.25, 0.3) is 0 Å². The van der Waals surface area contributed by atoms with Gasteiger partial charge >= 0.3 is 53.6 Å². The number of benzene rings is 1. The molecule has 0 fully saturated rings. The number of aryl methyl sites for hydroxylation is 1. The fourth-order valence-corrected chi connectivity index (χ4v) is 3.51. The van der Waals surface area contributed by atoms with Crippen molar-refractivity contribution in [1.29, 1.82) is 0 Å². The van der Waals surface area contributed by atoms with Crippen LogP contribution in [0.2, 0.25) is 0 Å². The van der Waals surface area contributed by atoms with E-state index < -0.39 is 66.6 Å². The summed E-state index contributed by atoms with van der Waals surface area (Å²) in [5, 5.41) is 0. The number of carbonyl (C=O) groups excluding carboxylic acids is 1. The average Bonchev–Trinajstić information content (AvgIpc) is 2.95. The van der Waals surface area contributed by atoms with Crippen LogP contribution in [0.4, 0.5) is 74.6 Å². The van der Waals surface area contributed by atoms with Crippen LogP contribution in [0.15, 0.2) is 42.7 Å². The largest absolute Gasteiger partial charge is 0.462 e. The van der Waals surface area contributed by atoms with Crippen molar-refractivity contribution in [3.8, 4) is 11.4 Å². The minimum absolute atomic E-state index is 0.223. The number of halogens is 17. The van der Waals surface area contributed by atoms with Gasteiger partial charge in [-0.15, -0.1) is 0 Å². The third-order valence-electron chi connectivity index (χ3n) is 6.27. The third kappa shape index (κ3) is 7.12. The molecule has 0 spiro atoms. The molecule has 21 heteroatoms. The molecule has 2 aromatic rings. The summed E-state index contributed by atoms with van der Waals surface area (Å²) >= 11 is 0. The first-order valence-corrected chi connectivity index (χ1v) is 12.6. The number of hydrogen-bond acceptors (Lipinski definition) is 4. The van der Waals surface area contributed by atoms with E-state index in [1.807, 2.05) is 6.92 Å². The van der Waals surface area contributed by atoms with Crippen molar-refractivity contribution >= 4 is 12.0 Å². The maximum Gasteiger partial charge on any atom is 0.460 e. The normalized spacial score (nSPS) is 14.5. The first-order chi connectivity index (χ1) is 21.1. The number of ether oxygens (including phenoxy) is 1. The molecule has 1 aromatic heterocycles. The highest BCUT2D eigenvalue weighted by atomic mass is 19.4. The molecule has 0 aliphatic rings. The van der Waals surface area contributed by atoms with Gasteiger partial charge in [-0.25, -0.2) is 14.8 Å². The third-order valence-corrected chi connectivity index (χ3v) is 6.27. The lowest BCUT2D eigenvalue weighted by Crippen LogP contribution is -2.74. The van der Waals surface area contributed by atoms with Crippen LogP contribution in [0.1, 0.15) is 30.9 Å². The summed E-state index contributed by atoms with van der Waals surface area (Å²) in [7, 11) is 0. The van der Waals surface area contributed by atoms with E-state index >= 15 is 0 Å². The van der Waals surface area contributed by atoms with E-state index in [1.54, 1.807) is 12.4 Å². The predicted octanol–water partition coefficient (Wildman–Crippen LogP) is 9.05. The number of hydrogen-bond donors (Lipinski definition) is 0. The summed E-state index contributed by atoms with van der Waals surface area (Å²) < 4.78 is 230. The quantitative estimate of drug-likeness (QED) is 0.111. The number of carbonyl (C=O) groups is 1. The Morgan fingerprint density at radius 1 is 0.681 bits per heavy atom. The van der Waals surface area contributed by atoms with Gasteiger partial charge < -0.3 is 4.74 Å². The number of alkyl halides is 17. The number of rotatable bonds is 14. The molecular formula is C26H19F17N2O2. The molecule has 0 radical (unpaired) electrons. The maximum atomic E-state index is 13.9. The Bertz CT molecular complexity index is 1400. The first-order valence-electron chi connectivity index (χ1n) is 12.6. The lowest BCUT2D eigenvalue weighted by molar-refractivity contribution is -0.461. The SMILES string of the molecule is CCCc1cnc(-c2ccc(C=CC(=O)OCCC(F)(F)C(F)(F)C(F)(F)C(F)(F)C(F)(F)C(F)(F)C(F)(F)C(F)(F)F)cc2)nc1. The highest BCUT2D eigenvalue weighted by Gasteiger charge is 2.95. The van der Waals surface area contributed by atoms with Crippen molar-refractivity contribution in [3.05, 3.63) is 53.9 Å². The first kappa shape index (κ1) is 39.5. The molecule has 0 aliphatic heterocycles. The topological polar surface area (TPSA) is 52.1 Å². The Morgan fingerprint density at radius 3 is 1.57 bits per heavy atom. The molecule has 47 heavy (non-hydrogen) atoms. The van der Waals surface area contributed by atoms with Gasteiger partial charge in [0, 0.05) is 24.0 Å². The number of nitrogens with zero attached hydrogens (tertiary/aromatic N) is 2. The van der Waals surface area contributed by atoms with E-state index in [1.165, 1.54) is 24.3 Å². The molecule has 1 aromatic carbocycles. The second kappa shape index (κ2) is 13.1. The van der Waals surface area contributed by atoms with Crippen molar-refractivity contribution in [2.45, 2.75) is 73.8 Å². The predicted molar refractivity (Wildman–Crippen MR) is 127 cm³/mol. The van der Waals surface area contributed by atoms with Gasteiger partial charge in [0.2, 0.25) is 0 Å². The lowest BCUT2D eigenvalue weighted by atomic mass is 9.88. The summed E-state index contributed by atoms with van der Waals surface area (Å²) in [6.45, 7) is -0.0854. The van der Waals surface area contributed by atoms with E-state index in [-0.39, 0.29) is 5.56 Å². The van der Waals surface area contributed by atoms with Crippen molar-refractivity contribution in [2.24, 2.45) is 0 Å². The van der Waals surface area contributed by atoms with Crippen molar-refractivity contribution < 1.29 is 84.2 Å². The smallest absolute Gasteiger partial charge is 0.460 e. The van der Waals surface area contributed by atoms with Gasteiger partial charge in [0.1, 0.15) is 0 Å². The Hall–Kier alpha value is -3.68. The zero-order valence-corrected chi connectivity index (χ0v) is 23.1. The van der Waals surface area contributed by atoms with Crippen LogP contribution in [0.3, 0.4) is 0 Å². The van der Waals surface area contributed by atoms with Crippen molar-refractivity contribution in [2.75, 3.05) is 6.61 Å². The van der Waals surface area contributed by atoms with E-state index in [2.05, 4.69) is 14.7 Å². The van der Waals surface area contributed by atoms with Crippen LogP contribution < -0.4 is 0 Å². The van der Waals surface area contributed by atoms with Crippen molar-refractivity contribution in [3.63, 3.8) is 0 Å². The minimum Gasteiger partial charge on any atom is -0.462 e. The molecule has 0 amide bonds. The molecule has 0 unspecified atom stereocenters. The molecule has 4 nitrogen and oxygen atoms in total. The summed E-state index contributed by atoms with van der Waals surface area (Å²) in [5.74, 6) is -58.4. The highest BCUT2D eigenvalue weighted by molar-refractivity contribution is 5.87. The molecule has 0 saturated carbocycles. The molecular weight excluding hydrogens is 695 g/mol. The van der Waals surface area contributed by atoms with Gasteiger partial charge in [0.15, 0.2) is 5.82 Å². The zero-order chi connectivity index (χ0) is 36.5. The van der Waals surface area contributed by atoms with Crippen LogP contribution in [-0.2, 0) is 16.0 Å². The Labute approximate surface area is 252 Å². The zero-order valence-electron chi connectivity index (χ0n) is 23.1. The molecule has 264 valence electrons. The van der Waals surface area contributed by atoms with Gasteiger partial charge in [0.05, 0.1) is 13.0 Å². The highest BCUT2D eigenvalue weighted by Crippen LogP contribution is 2.64. The van der Waals surface area contributed by atoms with E-state index in [0.717, 1.165) is 24.5 Å². The monoisotopic (exact) mass is 714 g/mol. The van der Waals surface area contributed by atoms with Crippen LogP contribution in [0.5, 0.6) is 0 Å². The minimum atomic E-state index is -8.70. The van der Waals surface area contributed by atoms with Crippen LogP contribution in [-0.4, -0.2) is 70.2 Å². The standard InChI is InChI=1S/C26H19F17N2O2/c1-2-3-15-12-44-18(45-13-15)16-7-4-14(5-8-16)6-9-17(46)47-11-10-19(27,28)20(29,30)21(31,32)22(33,34)23(35,36)24(37,38)25(39,40)26(41,42)43/h4-9,12-13H,2-3,10-11H2,1H3. The number of aromatic nitrogens is 2. The fraction of sp³-hybridized carbons (Fsp3) is 0.500. The van der Waals surface area contributed by atoms with Crippen molar-refractivity contribution in [1.82, 2.24) is 9.97 Å². The Balaban J connectivity index is 2.13. The summed E-state index contributed by atoms with van der Waals surface area (Å²) in [6, 6.07) is 5.71. The number of esters is 1. The molecule has 0 N–H and O–H groups in total. The molecule has 0 bridgehead atoms. The average molecular weight is 714 g/mol. The van der Waals surface area contributed by atoms with E-state index in [9.17, 15) is 79.4 Å². The van der Waals surface area contributed by atoms with Crippen LogP contribution in [0, 0.1) is 0 Å². The summed E-state index contributed by atoms with van der Waals surface area (Å²) in [4.78, 5) is 20.1. The molecule has 1 heterocycles. The molecule has 0 aliphatic carbocycles. The van der Waals surface area contributed by atoms with Crippen LogP contribution >= 0.6 is 0 Å². The maximum absolute atomic E-state index is 13.9. The van der Waals surface area contributed by atoms with E-state index in [4.69, 9.17) is 0 Å².